The quantitative estimate of drug-likeness (QED) is 0.693. The summed E-state index contributed by atoms with van der Waals surface area (Å²) in [5, 5.41) is 0.0367. The molecule has 0 bridgehead atoms. The first-order valence-corrected chi connectivity index (χ1v) is 10.5. The first-order chi connectivity index (χ1) is 12.9. The highest BCUT2D eigenvalue weighted by Gasteiger charge is 2.29. The van der Waals surface area contributed by atoms with E-state index < -0.39 is 9.84 Å². The number of nitrogens with zero attached hydrogens (tertiary/aromatic N) is 4. The minimum atomic E-state index is -3.77. The third-order valence-electron chi connectivity index (χ3n) is 4.91. The van der Waals surface area contributed by atoms with Crippen LogP contribution in [0, 0.1) is 6.92 Å². The number of para-hydroxylation sites is 2. The lowest BCUT2D eigenvalue weighted by molar-refractivity contribution is 0.311. The van der Waals surface area contributed by atoms with Gasteiger partial charge in [-0.1, -0.05) is 29.8 Å². The molecular weight excluding hydrogens is 360 g/mol. The third kappa shape index (κ3) is 3.40. The van der Waals surface area contributed by atoms with E-state index in [-0.39, 0.29) is 9.92 Å². The van der Waals surface area contributed by atoms with Crippen LogP contribution in [0.3, 0.4) is 0 Å². The Balaban J connectivity index is 1.89. The first-order valence-electron chi connectivity index (χ1n) is 8.97. The summed E-state index contributed by atoms with van der Waals surface area (Å²) in [6.45, 7) is 5.10. The molecule has 1 fully saturated rings. The molecule has 0 radical (unpaired) electrons. The first kappa shape index (κ1) is 17.9. The van der Waals surface area contributed by atoms with Gasteiger partial charge in [-0.05, 0) is 38.2 Å². The predicted octanol–water partition coefficient (Wildman–Crippen LogP) is 2.52. The molecule has 1 aliphatic heterocycles. The average molecular weight is 382 g/mol. The summed E-state index contributed by atoms with van der Waals surface area (Å²) in [7, 11) is -1.71. The van der Waals surface area contributed by atoms with E-state index in [0.29, 0.717) is 16.9 Å². The SMILES string of the molecule is Cc1ccc(S(=O)(=O)c2nc3ccccc3nc2N2CCN(C)CC2)cc1. The number of aromatic nitrogens is 2. The van der Waals surface area contributed by atoms with Crippen molar-refractivity contribution >= 4 is 26.7 Å². The van der Waals surface area contributed by atoms with E-state index >= 15 is 0 Å². The van der Waals surface area contributed by atoms with Gasteiger partial charge in [0.2, 0.25) is 14.9 Å². The lowest BCUT2D eigenvalue weighted by atomic mass is 10.2. The van der Waals surface area contributed by atoms with Gasteiger partial charge in [-0.25, -0.2) is 18.4 Å². The van der Waals surface area contributed by atoms with Crippen molar-refractivity contribution in [2.75, 3.05) is 38.1 Å². The van der Waals surface area contributed by atoms with Gasteiger partial charge in [0.1, 0.15) is 0 Å². The van der Waals surface area contributed by atoms with Crippen molar-refractivity contribution in [3.63, 3.8) is 0 Å². The van der Waals surface area contributed by atoms with Gasteiger partial charge in [-0.2, -0.15) is 0 Å². The molecule has 3 aromatic rings. The smallest absolute Gasteiger partial charge is 0.227 e. The fraction of sp³-hybridized carbons (Fsp3) is 0.300. The lowest BCUT2D eigenvalue weighted by Crippen LogP contribution is -2.45. The van der Waals surface area contributed by atoms with E-state index in [2.05, 4.69) is 16.9 Å². The summed E-state index contributed by atoms with van der Waals surface area (Å²) in [5.41, 5.74) is 2.30. The van der Waals surface area contributed by atoms with Gasteiger partial charge in [0.15, 0.2) is 5.82 Å². The summed E-state index contributed by atoms with van der Waals surface area (Å²) in [4.78, 5) is 13.7. The van der Waals surface area contributed by atoms with Gasteiger partial charge in [-0.3, -0.25) is 0 Å². The van der Waals surface area contributed by atoms with E-state index in [9.17, 15) is 8.42 Å². The lowest BCUT2D eigenvalue weighted by Gasteiger charge is -2.33. The predicted molar refractivity (Wildman–Crippen MR) is 106 cm³/mol. The molecule has 2 aromatic carbocycles. The Morgan fingerprint density at radius 2 is 1.44 bits per heavy atom. The highest BCUT2D eigenvalue weighted by Crippen LogP contribution is 2.30. The molecule has 1 aliphatic rings. The largest absolute Gasteiger partial charge is 0.352 e. The second-order valence-corrected chi connectivity index (χ2v) is 8.81. The Labute approximate surface area is 159 Å². The second-order valence-electron chi connectivity index (χ2n) is 6.95. The molecule has 6 nitrogen and oxygen atoms in total. The number of piperazine rings is 1. The number of fused-ring (bicyclic) bond motifs is 1. The van der Waals surface area contributed by atoms with Crippen molar-refractivity contribution in [2.24, 2.45) is 0 Å². The molecule has 1 aromatic heterocycles. The summed E-state index contributed by atoms with van der Waals surface area (Å²) >= 11 is 0. The van der Waals surface area contributed by atoms with E-state index in [0.717, 1.165) is 31.7 Å². The van der Waals surface area contributed by atoms with Crippen molar-refractivity contribution in [1.82, 2.24) is 14.9 Å². The molecule has 0 saturated carbocycles. The van der Waals surface area contributed by atoms with Crippen LogP contribution in [0.2, 0.25) is 0 Å². The topological polar surface area (TPSA) is 66.4 Å². The molecular formula is C20H22N4O2S. The van der Waals surface area contributed by atoms with Gasteiger partial charge < -0.3 is 9.80 Å². The summed E-state index contributed by atoms with van der Waals surface area (Å²) < 4.78 is 26.8. The van der Waals surface area contributed by atoms with Gasteiger partial charge in [0.05, 0.1) is 15.9 Å². The van der Waals surface area contributed by atoms with Crippen LogP contribution < -0.4 is 4.90 Å². The molecule has 2 heterocycles. The van der Waals surface area contributed by atoms with Crippen molar-refractivity contribution in [2.45, 2.75) is 16.8 Å². The molecule has 0 spiro atoms. The number of aryl methyl sites for hydroxylation is 1. The average Bonchev–Trinajstić information content (AvgIpc) is 2.68. The zero-order chi connectivity index (χ0) is 19.0. The number of likely N-dealkylation sites (N-methyl/N-ethyl adjacent to an activating group) is 1. The van der Waals surface area contributed by atoms with E-state index in [4.69, 9.17) is 4.98 Å². The fourth-order valence-electron chi connectivity index (χ4n) is 3.21. The maximum Gasteiger partial charge on any atom is 0.227 e. The molecule has 140 valence electrons. The highest BCUT2D eigenvalue weighted by molar-refractivity contribution is 7.91. The number of hydrogen-bond donors (Lipinski definition) is 0. The van der Waals surface area contributed by atoms with E-state index in [1.807, 2.05) is 30.0 Å². The normalized spacial score (nSPS) is 16.0. The molecule has 0 aliphatic carbocycles. The van der Waals surface area contributed by atoms with Crippen molar-refractivity contribution in [3.05, 3.63) is 54.1 Å². The Hall–Kier alpha value is -2.51. The van der Waals surface area contributed by atoms with E-state index in [1.54, 1.807) is 30.3 Å². The Kier molecular flexibility index (Phi) is 4.57. The van der Waals surface area contributed by atoms with Gasteiger partial charge in [0, 0.05) is 26.2 Å². The van der Waals surface area contributed by atoms with Crippen LogP contribution >= 0.6 is 0 Å². The van der Waals surface area contributed by atoms with Crippen molar-refractivity contribution in [1.29, 1.82) is 0 Å². The molecule has 0 atom stereocenters. The summed E-state index contributed by atoms with van der Waals surface area (Å²) in [5.74, 6) is 0.447. The fourth-order valence-corrected chi connectivity index (χ4v) is 4.56. The van der Waals surface area contributed by atoms with Crippen LogP contribution in [0.5, 0.6) is 0 Å². The summed E-state index contributed by atoms with van der Waals surface area (Å²) in [6.07, 6.45) is 0. The maximum absolute atomic E-state index is 13.4. The number of anilines is 1. The zero-order valence-corrected chi connectivity index (χ0v) is 16.3. The number of sulfone groups is 1. The Morgan fingerprint density at radius 1 is 0.852 bits per heavy atom. The number of hydrogen-bond acceptors (Lipinski definition) is 6. The standard InChI is InChI=1S/C20H22N4O2S/c1-15-7-9-16(10-8-15)27(25,26)20-19(24-13-11-23(2)12-14-24)21-17-5-3-4-6-18(17)22-20/h3-10H,11-14H2,1-2H3. The van der Waals surface area contributed by atoms with Gasteiger partial charge in [-0.15, -0.1) is 0 Å². The molecule has 7 heteroatoms. The monoisotopic (exact) mass is 382 g/mol. The van der Waals surface area contributed by atoms with Crippen molar-refractivity contribution < 1.29 is 8.42 Å². The van der Waals surface area contributed by atoms with Crippen LogP contribution in [0.4, 0.5) is 5.82 Å². The van der Waals surface area contributed by atoms with Gasteiger partial charge in [0.25, 0.3) is 0 Å². The van der Waals surface area contributed by atoms with Crippen LogP contribution in [-0.2, 0) is 9.84 Å². The zero-order valence-electron chi connectivity index (χ0n) is 15.5. The van der Waals surface area contributed by atoms with Crippen LogP contribution in [-0.4, -0.2) is 56.5 Å². The number of rotatable bonds is 3. The highest BCUT2D eigenvalue weighted by atomic mass is 32.2. The third-order valence-corrected chi connectivity index (χ3v) is 6.59. The van der Waals surface area contributed by atoms with Crippen molar-refractivity contribution in [3.8, 4) is 0 Å². The van der Waals surface area contributed by atoms with E-state index in [1.165, 1.54) is 0 Å². The second kappa shape index (κ2) is 6.90. The molecule has 1 saturated heterocycles. The summed E-state index contributed by atoms with van der Waals surface area (Å²) in [6, 6.07) is 14.3. The molecule has 0 N–H and O–H groups in total. The Bertz CT molecular complexity index is 1070. The Morgan fingerprint density at radius 3 is 2.07 bits per heavy atom. The minimum Gasteiger partial charge on any atom is -0.352 e. The molecule has 27 heavy (non-hydrogen) atoms. The van der Waals surface area contributed by atoms with Crippen LogP contribution in [0.15, 0.2) is 58.5 Å². The number of benzene rings is 2. The van der Waals surface area contributed by atoms with Crippen LogP contribution in [0.25, 0.3) is 11.0 Å². The van der Waals surface area contributed by atoms with Crippen LogP contribution in [0.1, 0.15) is 5.56 Å². The maximum atomic E-state index is 13.4. The molecule has 0 unspecified atom stereocenters. The van der Waals surface area contributed by atoms with Gasteiger partial charge >= 0.3 is 0 Å². The molecule has 4 rings (SSSR count). The minimum absolute atomic E-state index is 0.0367. The molecule has 0 amide bonds.